The molecule has 0 aromatic heterocycles. The van der Waals surface area contributed by atoms with E-state index in [0.717, 1.165) is 25.7 Å². The van der Waals surface area contributed by atoms with E-state index in [-0.39, 0.29) is 22.9 Å². The number of ketones is 1. The molecule has 1 saturated carbocycles. The van der Waals surface area contributed by atoms with Gasteiger partial charge in [0.05, 0.1) is 0 Å². The molecule has 0 aromatic rings. The Balaban J connectivity index is 1.78. The minimum absolute atomic E-state index is 0.0936. The van der Waals surface area contributed by atoms with Crippen LogP contribution >= 0.6 is 0 Å². The maximum Gasteiger partial charge on any atom is 0.346 e. The Labute approximate surface area is 143 Å². The van der Waals surface area contributed by atoms with Crippen molar-refractivity contribution < 1.29 is 19.1 Å². The highest BCUT2D eigenvalue weighted by atomic mass is 16.6. The third-order valence-electron chi connectivity index (χ3n) is 6.64. The zero-order valence-electron chi connectivity index (χ0n) is 14.6. The monoisotopic (exact) mass is 330 g/mol. The maximum absolute atomic E-state index is 12.6. The zero-order chi connectivity index (χ0) is 16.9. The first-order valence-electron chi connectivity index (χ1n) is 9.33. The molecular weight excluding hydrogens is 304 g/mol. The lowest BCUT2D eigenvalue weighted by Crippen LogP contribution is -2.62. The van der Waals surface area contributed by atoms with Crippen molar-refractivity contribution in [3.63, 3.8) is 0 Å². The van der Waals surface area contributed by atoms with Gasteiger partial charge in [-0.15, -0.1) is 0 Å². The zero-order valence-corrected chi connectivity index (χ0v) is 14.6. The van der Waals surface area contributed by atoms with Crippen molar-refractivity contribution in [1.29, 1.82) is 0 Å². The molecule has 3 aliphatic heterocycles. The number of ether oxygens (including phenoxy) is 2. The summed E-state index contributed by atoms with van der Waals surface area (Å²) in [6.07, 6.45) is 12.0. The number of esters is 1. The summed E-state index contributed by atoms with van der Waals surface area (Å²) in [4.78, 5) is 25.0. The van der Waals surface area contributed by atoms with E-state index in [0.29, 0.717) is 18.1 Å². The molecule has 4 rings (SSSR count). The van der Waals surface area contributed by atoms with Gasteiger partial charge in [0.1, 0.15) is 11.7 Å². The van der Waals surface area contributed by atoms with Gasteiger partial charge in [0.15, 0.2) is 17.1 Å². The van der Waals surface area contributed by atoms with Gasteiger partial charge in [-0.3, -0.25) is 4.79 Å². The van der Waals surface area contributed by atoms with Gasteiger partial charge in [-0.2, -0.15) is 0 Å². The molecule has 0 radical (unpaired) electrons. The van der Waals surface area contributed by atoms with Gasteiger partial charge in [-0.1, -0.05) is 38.8 Å². The molecule has 0 aromatic carbocycles. The van der Waals surface area contributed by atoms with Crippen molar-refractivity contribution in [3.05, 3.63) is 23.5 Å². The lowest BCUT2D eigenvalue weighted by molar-refractivity contribution is -0.198. The lowest BCUT2D eigenvalue weighted by Gasteiger charge is -2.58. The van der Waals surface area contributed by atoms with Crippen molar-refractivity contribution >= 4 is 11.8 Å². The van der Waals surface area contributed by atoms with Crippen molar-refractivity contribution in [2.75, 3.05) is 0 Å². The average Bonchev–Trinajstić information content (AvgIpc) is 2.84. The van der Waals surface area contributed by atoms with Crippen LogP contribution in [-0.2, 0) is 19.1 Å². The number of rotatable bonds is 0. The van der Waals surface area contributed by atoms with Crippen LogP contribution in [0.2, 0.25) is 0 Å². The fraction of sp³-hybridized carbons (Fsp3) is 0.700. The van der Waals surface area contributed by atoms with Crippen LogP contribution in [0.4, 0.5) is 0 Å². The van der Waals surface area contributed by atoms with Crippen LogP contribution in [0, 0.1) is 11.3 Å². The van der Waals surface area contributed by atoms with Gasteiger partial charge in [0.2, 0.25) is 0 Å². The van der Waals surface area contributed by atoms with Gasteiger partial charge in [0, 0.05) is 11.8 Å². The van der Waals surface area contributed by atoms with Crippen LogP contribution < -0.4 is 0 Å². The third-order valence-corrected chi connectivity index (χ3v) is 6.64. The molecule has 130 valence electrons. The Bertz CT molecular complexity index is 646. The van der Waals surface area contributed by atoms with Crippen LogP contribution in [0.1, 0.15) is 65.2 Å². The average molecular weight is 330 g/mol. The summed E-state index contributed by atoms with van der Waals surface area (Å²) in [6.45, 7) is 4.32. The summed E-state index contributed by atoms with van der Waals surface area (Å²) in [5.41, 5.74) is -0.874. The Kier molecular flexibility index (Phi) is 3.63. The molecule has 0 N–H and O–H groups in total. The number of carbonyl (C=O) groups excluding carboxylic acids is 2. The van der Waals surface area contributed by atoms with Gasteiger partial charge >= 0.3 is 5.97 Å². The quantitative estimate of drug-likeness (QED) is 0.384. The second kappa shape index (κ2) is 5.47. The fourth-order valence-corrected chi connectivity index (χ4v) is 4.86. The molecule has 0 amide bonds. The van der Waals surface area contributed by atoms with E-state index in [1.807, 2.05) is 0 Å². The van der Waals surface area contributed by atoms with Crippen LogP contribution in [0.3, 0.4) is 0 Å². The highest BCUT2D eigenvalue weighted by Crippen LogP contribution is 2.64. The first-order chi connectivity index (χ1) is 11.5. The largest absolute Gasteiger partial charge is 0.489 e. The molecule has 1 aliphatic carbocycles. The number of hydrogen-bond acceptors (Lipinski definition) is 4. The van der Waals surface area contributed by atoms with Crippen molar-refractivity contribution in [1.82, 2.24) is 0 Å². The summed E-state index contributed by atoms with van der Waals surface area (Å²) >= 11 is 0. The summed E-state index contributed by atoms with van der Waals surface area (Å²) < 4.78 is 12.1. The lowest BCUT2D eigenvalue weighted by atomic mass is 9.50. The van der Waals surface area contributed by atoms with E-state index in [9.17, 15) is 9.59 Å². The molecule has 3 heterocycles. The molecular formula is C20H26O4. The summed E-state index contributed by atoms with van der Waals surface area (Å²) in [5, 5.41) is 0. The molecule has 0 saturated heterocycles. The number of carbonyl (C=O) groups is 2. The van der Waals surface area contributed by atoms with Crippen LogP contribution in [0.25, 0.3) is 0 Å². The van der Waals surface area contributed by atoms with Gasteiger partial charge in [-0.05, 0) is 38.0 Å². The Morgan fingerprint density at radius 3 is 2.75 bits per heavy atom. The van der Waals surface area contributed by atoms with Crippen molar-refractivity contribution in [2.45, 2.75) is 76.9 Å². The smallest absolute Gasteiger partial charge is 0.346 e. The van der Waals surface area contributed by atoms with E-state index >= 15 is 0 Å². The van der Waals surface area contributed by atoms with Gasteiger partial charge < -0.3 is 9.47 Å². The minimum Gasteiger partial charge on any atom is -0.489 e. The molecule has 0 unspecified atom stereocenters. The van der Waals surface area contributed by atoms with E-state index in [1.54, 1.807) is 0 Å². The van der Waals surface area contributed by atoms with Gasteiger partial charge in [-0.25, -0.2) is 4.79 Å². The second-order valence-electron chi connectivity index (χ2n) is 8.07. The molecule has 4 nitrogen and oxygen atoms in total. The van der Waals surface area contributed by atoms with E-state index < -0.39 is 11.6 Å². The summed E-state index contributed by atoms with van der Waals surface area (Å²) in [7, 11) is 0. The normalized spacial score (nSPS) is 43.4. The predicted molar refractivity (Wildman–Crippen MR) is 89.1 cm³/mol. The highest BCUT2D eigenvalue weighted by Gasteiger charge is 2.70. The maximum atomic E-state index is 12.6. The molecule has 4 atom stereocenters. The topological polar surface area (TPSA) is 52.6 Å². The van der Waals surface area contributed by atoms with Crippen molar-refractivity contribution in [2.24, 2.45) is 11.3 Å². The Hall–Kier alpha value is -1.58. The highest BCUT2D eigenvalue weighted by molar-refractivity contribution is 6.20. The second-order valence-corrected chi connectivity index (χ2v) is 8.07. The first kappa shape index (κ1) is 15.9. The number of hydrogen-bond donors (Lipinski definition) is 0. The first-order valence-corrected chi connectivity index (χ1v) is 9.33. The van der Waals surface area contributed by atoms with Gasteiger partial charge in [0.25, 0.3) is 0 Å². The SMILES string of the molecule is C[C@@H]1C[C@@]23OC(=O)C4=C2O[C@@H](CCCCCC/C=C\[C@@]13C)CC4=O. The van der Waals surface area contributed by atoms with E-state index in [2.05, 4.69) is 26.0 Å². The van der Waals surface area contributed by atoms with Crippen LogP contribution in [-0.4, -0.2) is 23.5 Å². The fourth-order valence-electron chi connectivity index (χ4n) is 4.86. The Morgan fingerprint density at radius 1 is 1.17 bits per heavy atom. The summed E-state index contributed by atoms with van der Waals surface area (Å²) in [5.74, 6) is 0.354. The van der Waals surface area contributed by atoms with Crippen LogP contribution in [0.15, 0.2) is 23.5 Å². The molecule has 4 aliphatic rings. The molecule has 2 bridgehead atoms. The number of Topliss-reactive ketones (excluding diaryl/α,β-unsaturated/α-hetero) is 1. The summed E-state index contributed by atoms with van der Waals surface area (Å²) in [6, 6.07) is 0. The number of fused-ring (bicyclic) bond motifs is 1. The molecule has 1 spiro atoms. The van der Waals surface area contributed by atoms with E-state index in [1.165, 1.54) is 19.3 Å². The molecule has 4 heteroatoms. The molecule has 1 fully saturated rings. The molecule has 24 heavy (non-hydrogen) atoms. The van der Waals surface area contributed by atoms with Crippen LogP contribution in [0.5, 0.6) is 0 Å². The van der Waals surface area contributed by atoms with Crippen molar-refractivity contribution in [3.8, 4) is 0 Å². The predicted octanol–water partition coefficient (Wildman–Crippen LogP) is 3.85. The minimum atomic E-state index is -0.766. The third kappa shape index (κ3) is 2.04. The standard InChI is InChI=1S/C20H26O4/c1-13-12-20-17-16(18(22)24-20)15(21)11-14(23-17)9-7-5-3-4-6-8-10-19(13,20)2/h8,10,13-14H,3-7,9,11-12H2,1-2H3/b10-8-/t13-,14+,19+,20-/m1/s1. The number of allylic oxidation sites excluding steroid dienone is 1. The Morgan fingerprint density at radius 2 is 1.96 bits per heavy atom. The van der Waals surface area contributed by atoms with E-state index in [4.69, 9.17) is 9.47 Å².